The van der Waals surface area contributed by atoms with Crippen molar-refractivity contribution in [2.75, 3.05) is 31.1 Å². The first-order valence-electron chi connectivity index (χ1n) is 13.3. The summed E-state index contributed by atoms with van der Waals surface area (Å²) >= 11 is 0. The highest BCUT2D eigenvalue weighted by molar-refractivity contribution is 5.94. The number of nitrogens with zero attached hydrogens (tertiary/aromatic N) is 4. The van der Waals surface area contributed by atoms with Crippen molar-refractivity contribution < 1.29 is 9.59 Å². The molecule has 2 aromatic carbocycles. The lowest BCUT2D eigenvalue weighted by Crippen LogP contribution is -2.39. The van der Waals surface area contributed by atoms with Crippen molar-refractivity contribution in [1.82, 2.24) is 19.4 Å². The summed E-state index contributed by atoms with van der Waals surface area (Å²) in [5, 5.41) is 3.47. The molecule has 198 valence electrons. The second-order valence-corrected chi connectivity index (χ2v) is 10.4. The number of hydrogen-bond acceptors (Lipinski definition) is 4. The Bertz CT molecular complexity index is 1320. The van der Waals surface area contributed by atoms with E-state index >= 15 is 0 Å². The molecule has 37 heavy (non-hydrogen) atoms. The topological polar surface area (TPSA) is 79.6 Å². The lowest BCUT2D eigenvalue weighted by atomic mass is 10.1. The Morgan fingerprint density at radius 2 is 1.70 bits per heavy atom. The number of aryl methyl sites for hydroxylation is 3. The summed E-state index contributed by atoms with van der Waals surface area (Å²) in [7, 11) is 3.54. The van der Waals surface area contributed by atoms with Gasteiger partial charge in [-0.1, -0.05) is 38.1 Å². The molecule has 0 bridgehead atoms. The van der Waals surface area contributed by atoms with Gasteiger partial charge in [0.1, 0.15) is 0 Å². The second kappa shape index (κ2) is 11.8. The minimum absolute atomic E-state index is 0.0534. The Morgan fingerprint density at radius 1 is 0.946 bits per heavy atom. The van der Waals surface area contributed by atoms with Crippen LogP contribution in [0, 0.1) is 5.92 Å². The average molecular weight is 506 g/mol. The SMILES string of the molecule is CC(C)CC(=O)N1CCCN(C(=O)CCc2ccc3c(c2)n(C)c(=O)n3C)CCNCc2ccccc21. The first kappa shape index (κ1) is 26.7. The number of benzene rings is 2. The van der Waals surface area contributed by atoms with Crippen LogP contribution >= 0.6 is 0 Å². The van der Waals surface area contributed by atoms with Crippen molar-refractivity contribution in [2.45, 2.75) is 46.1 Å². The molecule has 1 aliphatic heterocycles. The van der Waals surface area contributed by atoms with Gasteiger partial charge in [0.2, 0.25) is 11.8 Å². The van der Waals surface area contributed by atoms with E-state index in [0.717, 1.165) is 34.3 Å². The average Bonchev–Trinajstić information content (AvgIpc) is 3.07. The van der Waals surface area contributed by atoms with Gasteiger partial charge in [-0.05, 0) is 48.1 Å². The predicted octanol–water partition coefficient (Wildman–Crippen LogP) is 3.21. The van der Waals surface area contributed by atoms with E-state index in [1.807, 2.05) is 46.2 Å². The van der Waals surface area contributed by atoms with E-state index in [-0.39, 0.29) is 23.4 Å². The fourth-order valence-electron chi connectivity index (χ4n) is 5.10. The zero-order valence-electron chi connectivity index (χ0n) is 22.5. The number of aromatic nitrogens is 2. The highest BCUT2D eigenvalue weighted by Gasteiger charge is 2.22. The molecule has 1 aromatic heterocycles. The lowest BCUT2D eigenvalue weighted by molar-refractivity contribution is -0.131. The van der Waals surface area contributed by atoms with Crippen LogP contribution in [0.15, 0.2) is 47.3 Å². The normalized spacial score (nSPS) is 15.1. The van der Waals surface area contributed by atoms with Crippen molar-refractivity contribution in [1.29, 1.82) is 0 Å². The largest absolute Gasteiger partial charge is 0.341 e. The van der Waals surface area contributed by atoms with Gasteiger partial charge in [-0.3, -0.25) is 18.7 Å². The van der Waals surface area contributed by atoms with Crippen LogP contribution in [0.5, 0.6) is 0 Å². The molecule has 0 saturated heterocycles. The van der Waals surface area contributed by atoms with Gasteiger partial charge in [0.15, 0.2) is 0 Å². The molecule has 0 unspecified atom stereocenters. The van der Waals surface area contributed by atoms with Crippen LogP contribution in [0.4, 0.5) is 5.69 Å². The number of anilines is 1. The van der Waals surface area contributed by atoms with Crippen molar-refractivity contribution in [3.05, 3.63) is 64.1 Å². The van der Waals surface area contributed by atoms with E-state index in [4.69, 9.17) is 0 Å². The monoisotopic (exact) mass is 505 g/mol. The minimum Gasteiger partial charge on any atom is -0.341 e. The molecule has 0 fully saturated rings. The molecule has 1 N–H and O–H groups in total. The summed E-state index contributed by atoms with van der Waals surface area (Å²) in [6, 6.07) is 14.0. The molecule has 0 saturated carbocycles. The van der Waals surface area contributed by atoms with Crippen molar-refractivity contribution in [2.24, 2.45) is 20.0 Å². The van der Waals surface area contributed by atoms with Crippen LogP contribution in [0.2, 0.25) is 0 Å². The molecule has 8 nitrogen and oxygen atoms in total. The molecule has 0 radical (unpaired) electrons. The third kappa shape index (κ3) is 6.13. The van der Waals surface area contributed by atoms with Gasteiger partial charge in [0.05, 0.1) is 11.0 Å². The molecule has 0 atom stereocenters. The van der Waals surface area contributed by atoms with Gasteiger partial charge < -0.3 is 15.1 Å². The zero-order valence-corrected chi connectivity index (χ0v) is 22.5. The number of carbonyl (C=O) groups excluding carboxylic acids is 2. The molecule has 1 aliphatic rings. The Balaban J connectivity index is 1.44. The minimum atomic E-state index is -0.0534. The summed E-state index contributed by atoms with van der Waals surface area (Å²) in [5.74, 6) is 0.525. The standard InChI is InChI=1S/C29H39N5O3/c1-21(2)18-28(36)34-16-7-15-33(17-14-30-20-23-8-5-6-9-24(23)34)27(35)13-11-22-10-12-25-26(19-22)32(4)29(37)31(25)3/h5-6,8-10,12,19,21,30H,7,11,13-18,20H2,1-4H3. The third-order valence-electron chi connectivity index (χ3n) is 7.17. The zero-order chi connectivity index (χ0) is 26.5. The summed E-state index contributed by atoms with van der Waals surface area (Å²) in [6.07, 6.45) is 2.25. The number of para-hydroxylation sites is 1. The van der Waals surface area contributed by atoms with E-state index in [0.29, 0.717) is 52.0 Å². The summed E-state index contributed by atoms with van der Waals surface area (Å²) in [5.41, 5.74) is 4.82. The van der Waals surface area contributed by atoms with Crippen LogP contribution in [-0.2, 0) is 36.6 Å². The number of imidazole rings is 1. The Morgan fingerprint density at radius 3 is 2.49 bits per heavy atom. The highest BCUT2D eigenvalue weighted by atomic mass is 16.2. The van der Waals surface area contributed by atoms with E-state index in [1.165, 1.54) is 0 Å². The molecule has 4 rings (SSSR count). The van der Waals surface area contributed by atoms with Crippen molar-refractivity contribution in [3.8, 4) is 0 Å². The van der Waals surface area contributed by atoms with Gasteiger partial charge in [0, 0.05) is 65.3 Å². The van der Waals surface area contributed by atoms with Crippen molar-refractivity contribution >= 4 is 28.5 Å². The highest BCUT2D eigenvalue weighted by Crippen LogP contribution is 2.23. The number of nitrogens with one attached hydrogen (secondary N) is 1. The number of hydrogen-bond donors (Lipinski definition) is 1. The predicted molar refractivity (Wildman–Crippen MR) is 148 cm³/mol. The van der Waals surface area contributed by atoms with E-state index in [9.17, 15) is 14.4 Å². The Kier molecular flexibility index (Phi) is 8.48. The fourth-order valence-corrected chi connectivity index (χ4v) is 5.10. The third-order valence-corrected chi connectivity index (χ3v) is 7.17. The van der Waals surface area contributed by atoms with Gasteiger partial charge in [-0.25, -0.2) is 4.79 Å². The van der Waals surface area contributed by atoms with Crippen molar-refractivity contribution in [3.63, 3.8) is 0 Å². The van der Waals surface area contributed by atoms with Gasteiger partial charge in [0.25, 0.3) is 0 Å². The van der Waals surface area contributed by atoms with Crippen LogP contribution in [0.3, 0.4) is 0 Å². The molecule has 8 heteroatoms. The maximum atomic E-state index is 13.2. The molecule has 2 heterocycles. The first-order chi connectivity index (χ1) is 17.8. The number of fused-ring (bicyclic) bond motifs is 2. The number of rotatable bonds is 5. The Hall–Kier alpha value is -3.39. The molecule has 2 amide bonds. The van der Waals surface area contributed by atoms with Crippen LogP contribution in [0.1, 0.15) is 44.2 Å². The number of carbonyl (C=O) groups is 2. The van der Waals surface area contributed by atoms with E-state index in [2.05, 4.69) is 25.2 Å². The molecule has 0 aliphatic carbocycles. The van der Waals surface area contributed by atoms with Gasteiger partial charge in [-0.15, -0.1) is 0 Å². The number of amides is 2. The van der Waals surface area contributed by atoms with Gasteiger partial charge >= 0.3 is 5.69 Å². The second-order valence-electron chi connectivity index (χ2n) is 10.4. The maximum absolute atomic E-state index is 13.2. The smallest absolute Gasteiger partial charge is 0.328 e. The van der Waals surface area contributed by atoms with E-state index in [1.54, 1.807) is 23.2 Å². The Labute approximate surface area is 218 Å². The molecule has 3 aromatic rings. The van der Waals surface area contributed by atoms with E-state index < -0.39 is 0 Å². The van der Waals surface area contributed by atoms with Gasteiger partial charge in [-0.2, -0.15) is 0 Å². The summed E-state index contributed by atoms with van der Waals surface area (Å²) < 4.78 is 3.28. The molecule has 0 spiro atoms. The lowest BCUT2D eigenvalue weighted by Gasteiger charge is -2.27. The van der Waals surface area contributed by atoms with Crippen LogP contribution < -0.4 is 15.9 Å². The summed E-state index contributed by atoms with van der Waals surface area (Å²) in [6.45, 7) is 7.30. The molecular formula is C29H39N5O3. The van der Waals surface area contributed by atoms with Crippen LogP contribution in [0.25, 0.3) is 11.0 Å². The fraction of sp³-hybridized carbons (Fsp3) is 0.483. The quantitative estimate of drug-likeness (QED) is 0.578. The maximum Gasteiger partial charge on any atom is 0.328 e. The van der Waals surface area contributed by atoms with Crippen LogP contribution in [-0.4, -0.2) is 52.0 Å². The molecular weight excluding hydrogens is 466 g/mol. The first-order valence-corrected chi connectivity index (χ1v) is 13.3. The summed E-state index contributed by atoms with van der Waals surface area (Å²) in [4.78, 5) is 42.4.